The Morgan fingerprint density at radius 2 is 1.61 bits per heavy atom. The Morgan fingerprint density at radius 1 is 0.825 bits per heavy atom. The molecule has 7 aliphatic rings. The molecule has 310 valence electrons. The van der Waals surface area contributed by atoms with Crippen LogP contribution >= 0.6 is 0 Å². The predicted molar refractivity (Wildman–Crippen MR) is 216 cm³/mol. The molecule has 8 nitrogen and oxygen atoms in total. The quantitative estimate of drug-likeness (QED) is 0.282. The normalized spacial score (nSPS) is 42.8. The zero-order chi connectivity index (χ0) is 40.5. The number of imidazole rings is 1. The molecule has 1 aromatic heterocycles. The van der Waals surface area contributed by atoms with Gasteiger partial charge in [0.05, 0.1) is 35.2 Å². The van der Waals surface area contributed by atoms with Crippen molar-refractivity contribution in [2.45, 2.75) is 151 Å². The van der Waals surface area contributed by atoms with Crippen LogP contribution in [-0.2, 0) is 19.1 Å². The molecule has 2 aromatic rings. The number of hydrogen-bond donors (Lipinski definition) is 2. The van der Waals surface area contributed by atoms with E-state index in [0.717, 1.165) is 87.8 Å². The van der Waals surface area contributed by atoms with Crippen molar-refractivity contribution in [3.8, 4) is 11.3 Å². The summed E-state index contributed by atoms with van der Waals surface area (Å²) in [5.74, 6) is 0.933. The van der Waals surface area contributed by atoms with E-state index in [1.54, 1.807) is 12.3 Å². The lowest BCUT2D eigenvalue weighted by molar-refractivity contribution is -0.250. The molecular formula is C48H66FN3O5. The number of rotatable bonds is 6. The Balaban J connectivity index is 0.927. The van der Waals surface area contributed by atoms with Crippen molar-refractivity contribution in [1.29, 1.82) is 0 Å². The van der Waals surface area contributed by atoms with Crippen LogP contribution < -0.4 is 0 Å². The molecule has 1 aromatic carbocycles. The summed E-state index contributed by atoms with van der Waals surface area (Å²) in [4.78, 5) is 51.0. The van der Waals surface area contributed by atoms with Crippen LogP contribution in [0.2, 0.25) is 0 Å². The van der Waals surface area contributed by atoms with Gasteiger partial charge in [0.2, 0.25) is 5.91 Å². The molecule has 1 amide bonds. The van der Waals surface area contributed by atoms with Gasteiger partial charge in [0, 0.05) is 17.5 Å². The first kappa shape index (κ1) is 39.2. The number of ether oxygens (including phenoxy) is 1. The van der Waals surface area contributed by atoms with Crippen molar-refractivity contribution >= 4 is 17.8 Å². The molecule has 2 N–H and O–H groups in total. The second kappa shape index (κ2) is 13.1. The lowest BCUT2D eigenvalue weighted by Gasteiger charge is -2.72. The van der Waals surface area contributed by atoms with Crippen LogP contribution in [-0.4, -0.2) is 50.5 Å². The summed E-state index contributed by atoms with van der Waals surface area (Å²) >= 11 is 0. The molecule has 12 atom stereocenters. The number of esters is 1. The first-order valence-corrected chi connectivity index (χ1v) is 22.4. The maximum atomic E-state index is 15.2. The number of aliphatic carboxylic acids is 1. The van der Waals surface area contributed by atoms with Gasteiger partial charge in [-0.05, 0) is 141 Å². The average molecular weight is 784 g/mol. The van der Waals surface area contributed by atoms with E-state index < -0.39 is 17.3 Å². The lowest BCUT2D eigenvalue weighted by Crippen LogP contribution is -2.67. The monoisotopic (exact) mass is 783 g/mol. The fourth-order valence-electron chi connectivity index (χ4n) is 16.0. The van der Waals surface area contributed by atoms with Gasteiger partial charge < -0.3 is 19.7 Å². The zero-order valence-corrected chi connectivity index (χ0v) is 35.5. The molecule has 57 heavy (non-hydrogen) atoms. The van der Waals surface area contributed by atoms with Crippen LogP contribution in [0.3, 0.4) is 0 Å². The predicted octanol–water partition coefficient (Wildman–Crippen LogP) is 10.4. The van der Waals surface area contributed by atoms with Gasteiger partial charge in [-0.3, -0.25) is 14.4 Å². The summed E-state index contributed by atoms with van der Waals surface area (Å²) in [6, 6.07) is 6.51. The standard InChI is InChI=1S/C48H66FN3O5/c1-43(2)32(40(53)54)26-33(43)41(55)57-38-18-20-45(5)36(44(38,3)4)17-21-47(7)37(45)16-15-30-31-13-9-19-48(31,23-22-46(30,47)6)42(56)52-24-10-14-35(52)39-50-27-34(51-39)28-11-8-12-29(49)25-28/h8,11-12,25,27,30-33,35-38H,9-10,13-24,26H2,1-7H3,(H,50,51)(H,53,54)/t30-,31-,32+,33-,35+,36?,37?,38+,45+,46-,47-,48+/m1/s1. The fraction of sp³-hybridized carbons (Fsp3) is 0.750. The molecule has 1 aliphatic heterocycles. The Labute approximate surface area is 338 Å². The van der Waals surface area contributed by atoms with Crippen molar-refractivity contribution in [3.05, 3.63) is 42.1 Å². The van der Waals surface area contributed by atoms with Crippen molar-refractivity contribution in [3.63, 3.8) is 0 Å². The first-order valence-electron chi connectivity index (χ1n) is 22.4. The number of nitrogens with zero attached hydrogens (tertiary/aromatic N) is 2. The number of likely N-dealkylation sites (tertiary alicyclic amines) is 1. The summed E-state index contributed by atoms with van der Waals surface area (Å²) in [6.07, 6.45) is 15.7. The summed E-state index contributed by atoms with van der Waals surface area (Å²) in [7, 11) is 0. The van der Waals surface area contributed by atoms with Crippen molar-refractivity contribution in [1.82, 2.24) is 14.9 Å². The summed E-state index contributed by atoms with van der Waals surface area (Å²) < 4.78 is 20.5. The highest BCUT2D eigenvalue weighted by atomic mass is 19.1. The second-order valence-electron chi connectivity index (χ2n) is 22.0. The van der Waals surface area contributed by atoms with Crippen molar-refractivity contribution in [2.75, 3.05) is 6.54 Å². The second-order valence-corrected chi connectivity index (χ2v) is 22.0. The van der Waals surface area contributed by atoms with Gasteiger partial charge >= 0.3 is 11.9 Å². The molecule has 6 saturated carbocycles. The Bertz CT molecular complexity index is 1960. The maximum Gasteiger partial charge on any atom is 0.309 e. The Morgan fingerprint density at radius 3 is 2.35 bits per heavy atom. The highest BCUT2D eigenvalue weighted by Gasteiger charge is 2.71. The van der Waals surface area contributed by atoms with Gasteiger partial charge in [-0.15, -0.1) is 0 Å². The fourth-order valence-corrected chi connectivity index (χ4v) is 16.0. The van der Waals surface area contributed by atoms with Gasteiger partial charge in [-0.25, -0.2) is 9.37 Å². The molecule has 0 radical (unpaired) electrons. The number of nitrogens with one attached hydrogen (secondary N) is 1. The molecule has 2 unspecified atom stereocenters. The zero-order valence-electron chi connectivity index (χ0n) is 35.5. The van der Waals surface area contributed by atoms with E-state index in [1.165, 1.54) is 31.4 Å². The highest BCUT2D eigenvalue weighted by Crippen LogP contribution is 2.77. The third-order valence-corrected chi connectivity index (χ3v) is 19.4. The largest absolute Gasteiger partial charge is 0.481 e. The minimum Gasteiger partial charge on any atom is -0.481 e. The lowest BCUT2D eigenvalue weighted by atomic mass is 9.32. The van der Waals surface area contributed by atoms with E-state index in [9.17, 15) is 19.1 Å². The Hall–Kier alpha value is -3.23. The Kier molecular flexibility index (Phi) is 9.04. The molecule has 1 saturated heterocycles. The minimum absolute atomic E-state index is 0.0770. The summed E-state index contributed by atoms with van der Waals surface area (Å²) in [5, 5.41) is 9.67. The van der Waals surface area contributed by atoms with E-state index in [-0.39, 0.29) is 56.9 Å². The number of carbonyl (C=O) groups excluding carboxylic acids is 2. The maximum absolute atomic E-state index is 15.2. The van der Waals surface area contributed by atoms with Gasteiger partial charge in [0.15, 0.2) is 0 Å². The van der Waals surface area contributed by atoms with Crippen LogP contribution in [0, 0.1) is 73.8 Å². The summed E-state index contributed by atoms with van der Waals surface area (Å²) in [5.41, 5.74) is 0.919. The molecule has 9 heteroatoms. The van der Waals surface area contributed by atoms with Gasteiger partial charge in [-0.2, -0.15) is 0 Å². The van der Waals surface area contributed by atoms with E-state index in [1.807, 2.05) is 19.9 Å². The van der Waals surface area contributed by atoms with Crippen molar-refractivity contribution < 1.29 is 28.6 Å². The number of fused-ring (bicyclic) bond motifs is 7. The smallest absolute Gasteiger partial charge is 0.309 e. The van der Waals surface area contributed by atoms with E-state index in [4.69, 9.17) is 9.72 Å². The van der Waals surface area contributed by atoms with E-state index >= 15 is 4.79 Å². The van der Waals surface area contributed by atoms with Crippen molar-refractivity contribution in [2.24, 2.45) is 68.0 Å². The number of halogens is 1. The molecule has 7 fully saturated rings. The van der Waals surface area contributed by atoms with Crippen LogP contribution in [0.1, 0.15) is 150 Å². The SMILES string of the molecule is CC1(C)C2CC[C@]3(C)C(CC[C@@H]4[C@H]5CCC[C@]5(C(=O)N5CCC[C@H]5c5ncc(-c6cccc(F)c6)[nH]5)CC[C@]43C)[C@@]2(C)CC[C@@H]1OC(=O)[C@H]1C[C@@H](C(=O)O)C1(C)C. The minimum atomic E-state index is -0.821. The highest BCUT2D eigenvalue weighted by molar-refractivity contribution is 5.84. The number of hydrogen-bond acceptors (Lipinski definition) is 5. The topological polar surface area (TPSA) is 113 Å². The molecule has 6 aliphatic carbocycles. The third kappa shape index (κ3) is 5.46. The number of benzene rings is 1. The number of aromatic nitrogens is 2. The molecule has 0 bridgehead atoms. The number of carboxylic acid groups (broad SMARTS) is 1. The van der Waals surface area contributed by atoms with Gasteiger partial charge in [0.1, 0.15) is 17.7 Å². The average Bonchev–Trinajstić information content (AvgIpc) is 3.93. The van der Waals surface area contributed by atoms with Gasteiger partial charge in [-0.1, -0.05) is 67.0 Å². The number of H-pyrrole nitrogens is 1. The number of carbonyl (C=O) groups is 3. The number of carboxylic acids is 1. The number of amides is 1. The van der Waals surface area contributed by atoms with E-state index in [0.29, 0.717) is 36.0 Å². The van der Waals surface area contributed by atoms with Gasteiger partial charge in [0.25, 0.3) is 0 Å². The summed E-state index contributed by atoms with van der Waals surface area (Å²) in [6.45, 7) is 17.1. The van der Waals surface area contributed by atoms with E-state index in [2.05, 4.69) is 44.5 Å². The third-order valence-electron chi connectivity index (χ3n) is 19.4. The molecule has 0 spiro atoms. The van der Waals surface area contributed by atoms with Crippen LogP contribution in [0.15, 0.2) is 30.5 Å². The van der Waals surface area contributed by atoms with Crippen LogP contribution in [0.4, 0.5) is 4.39 Å². The molecule has 9 rings (SSSR count). The molecular weight excluding hydrogens is 718 g/mol. The first-order chi connectivity index (χ1) is 26.9. The van der Waals surface area contributed by atoms with Crippen LogP contribution in [0.5, 0.6) is 0 Å². The number of aromatic amines is 1. The van der Waals surface area contributed by atoms with Crippen LogP contribution in [0.25, 0.3) is 11.3 Å². The molecule has 2 heterocycles.